The Balaban J connectivity index is 1.48. The molecule has 0 N–H and O–H groups in total. The lowest BCUT2D eigenvalue weighted by molar-refractivity contribution is 0.670. The van der Waals surface area contributed by atoms with Gasteiger partial charge in [-0.3, -0.25) is 0 Å². The maximum Gasteiger partial charge on any atom is 0.143 e. The molecule has 0 unspecified atom stereocenters. The summed E-state index contributed by atoms with van der Waals surface area (Å²) < 4.78 is 8.79. The number of nitriles is 2. The van der Waals surface area contributed by atoms with Gasteiger partial charge in [0.25, 0.3) is 0 Å². The van der Waals surface area contributed by atoms with E-state index in [1.165, 1.54) is 15.5 Å². The van der Waals surface area contributed by atoms with Crippen LogP contribution in [0, 0.1) is 22.7 Å². The Bertz CT molecular complexity index is 2430. The van der Waals surface area contributed by atoms with Crippen molar-refractivity contribution < 1.29 is 4.42 Å². The third kappa shape index (κ3) is 3.57. The van der Waals surface area contributed by atoms with Crippen molar-refractivity contribution in [2.45, 2.75) is 0 Å². The fraction of sp³-hybridized carbons (Fsp3) is 0. The van der Waals surface area contributed by atoms with Gasteiger partial charge in [0.05, 0.1) is 11.1 Å². The molecule has 0 amide bonds. The Labute approximate surface area is 245 Å². The second-order valence-electron chi connectivity index (χ2n) is 10.3. The number of hydrogen-bond acceptors (Lipinski definition) is 4. The van der Waals surface area contributed by atoms with Gasteiger partial charge >= 0.3 is 0 Å². The van der Waals surface area contributed by atoms with Crippen LogP contribution < -0.4 is 0 Å². The quantitative estimate of drug-likeness (QED) is 0.219. The molecule has 3 nitrogen and oxygen atoms in total. The number of benzene rings is 6. The molecule has 8 aromatic rings. The average molecular weight is 553 g/mol. The summed E-state index contributed by atoms with van der Waals surface area (Å²) >= 11 is 1.75. The topological polar surface area (TPSA) is 60.7 Å². The SMILES string of the molecule is N#Cc1c(-c2ccc3c(c2)sc2ccccc23)cc(-c2cccc3c2oc2ccccc23)c(C#N)c1-c1ccccc1. The van der Waals surface area contributed by atoms with E-state index in [4.69, 9.17) is 4.42 Å². The molecule has 2 aromatic heterocycles. The zero-order valence-electron chi connectivity index (χ0n) is 22.3. The van der Waals surface area contributed by atoms with Crippen molar-refractivity contribution >= 4 is 53.4 Å². The van der Waals surface area contributed by atoms with Crippen LogP contribution in [0.2, 0.25) is 0 Å². The summed E-state index contributed by atoms with van der Waals surface area (Å²) in [5, 5.41) is 25.7. The average Bonchev–Trinajstić information content (AvgIpc) is 3.62. The van der Waals surface area contributed by atoms with Crippen molar-refractivity contribution in [3.05, 3.63) is 132 Å². The van der Waals surface area contributed by atoms with E-state index in [-0.39, 0.29) is 0 Å². The van der Waals surface area contributed by atoms with Crippen LogP contribution in [0.3, 0.4) is 0 Å². The molecule has 0 bridgehead atoms. The molecule has 2 heterocycles. The first kappa shape index (κ1) is 24.1. The van der Waals surface area contributed by atoms with Crippen LogP contribution in [-0.4, -0.2) is 0 Å². The highest BCUT2D eigenvalue weighted by Crippen LogP contribution is 2.45. The molecule has 8 rings (SSSR count). The van der Waals surface area contributed by atoms with E-state index in [9.17, 15) is 10.5 Å². The van der Waals surface area contributed by atoms with Crippen LogP contribution >= 0.6 is 11.3 Å². The minimum Gasteiger partial charge on any atom is -0.455 e. The molecule has 4 heteroatoms. The van der Waals surface area contributed by atoms with Crippen LogP contribution in [0.1, 0.15) is 11.1 Å². The van der Waals surface area contributed by atoms with E-state index in [1.807, 2.05) is 66.7 Å². The molecule has 6 aromatic carbocycles. The van der Waals surface area contributed by atoms with Crippen LogP contribution in [0.4, 0.5) is 0 Å². The van der Waals surface area contributed by atoms with Gasteiger partial charge < -0.3 is 4.42 Å². The fourth-order valence-electron chi connectivity index (χ4n) is 6.10. The Morgan fingerprint density at radius 3 is 2.02 bits per heavy atom. The maximum atomic E-state index is 10.6. The molecule has 0 spiro atoms. The second kappa shape index (κ2) is 9.46. The molecule has 0 fully saturated rings. The van der Waals surface area contributed by atoms with Gasteiger partial charge in [-0.2, -0.15) is 10.5 Å². The van der Waals surface area contributed by atoms with Gasteiger partial charge in [-0.15, -0.1) is 11.3 Å². The standard InChI is InChI=1S/C38H20N2OS/c39-21-32-30(24-17-18-27-26-12-5-7-16-35(26)42-36(27)19-24)20-31(33(22-40)37(32)23-9-2-1-3-10-23)29-14-8-13-28-25-11-4-6-15-34(25)41-38(28)29/h1-20H. The lowest BCUT2D eigenvalue weighted by Crippen LogP contribution is -1.98. The number of fused-ring (bicyclic) bond motifs is 6. The summed E-state index contributed by atoms with van der Waals surface area (Å²) in [6.07, 6.45) is 0. The van der Waals surface area contributed by atoms with Crippen molar-refractivity contribution in [3.8, 4) is 45.5 Å². The normalized spacial score (nSPS) is 11.3. The van der Waals surface area contributed by atoms with Crippen LogP contribution in [0.25, 0.3) is 75.5 Å². The van der Waals surface area contributed by atoms with E-state index in [1.54, 1.807) is 11.3 Å². The van der Waals surface area contributed by atoms with Gasteiger partial charge in [0.15, 0.2) is 0 Å². The number of hydrogen-bond donors (Lipinski definition) is 0. The van der Waals surface area contributed by atoms with E-state index >= 15 is 0 Å². The summed E-state index contributed by atoms with van der Waals surface area (Å²) in [6.45, 7) is 0. The molecular formula is C38H20N2OS. The third-order valence-electron chi connectivity index (χ3n) is 8.00. The third-order valence-corrected chi connectivity index (χ3v) is 9.13. The van der Waals surface area contributed by atoms with E-state index in [2.05, 4.69) is 66.7 Å². The van der Waals surface area contributed by atoms with Crippen molar-refractivity contribution in [2.24, 2.45) is 0 Å². The van der Waals surface area contributed by atoms with Crippen molar-refractivity contribution in [1.82, 2.24) is 0 Å². The van der Waals surface area contributed by atoms with Gasteiger partial charge in [0, 0.05) is 53.2 Å². The zero-order chi connectivity index (χ0) is 28.2. The molecule has 0 atom stereocenters. The Morgan fingerprint density at radius 1 is 0.500 bits per heavy atom. The number of para-hydroxylation sites is 2. The molecule has 42 heavy (non-hydrogen) atoms. The molecular weight excluding hydrogens is 532 g/mol. The Hall–Kier alpha value is -5.68. The Kier molecular flexibility index (Phi) is 5.44. The summed E-state index contributed by atoms with van der Waals surface area (Å²) in [4.78, 5) is 0. The van der Waals surface area contributed by atoms with Crippen molar-refractivity contribution in [1.29, 1.82) is 10.5 Å². The smallest absolute Gasteiger partial charge is 0.143 e. The molecule has 0 aliphatic rings. The monoisotopic (exact) mass is 552 g/mol. The molecule has 0 aliphatic carbocycles. The molecule has 0 saturated carbocycles. The van der Waals surface area contributed by atoms with E-state index in [0.29, 0.717) is 16.7 Å². The highest BCUT2D eigenvalue weighted by molar-refractivity contribution is 7.25. The highest BCUT2D eigenvalue weighted by atomic mass is 32.1. The van der Waals surface area contributed by atoms with Gasteiger partial charge in [-0.1, -0.05) is 97.1 Å². The summed E-state index contributed by atoms with van der Waals surface area (Å²) in [5.74, 6) is 0. The van der Waals surface area contributed by atoms with Gasteiger partial charge in [-0.25, -0.2) is 0 Å². The van der Waals surface area contributed by atoms with Gasteiger partial charge in [0.1, 0.15) is 23.3 Å². The second-order valence-corrected chi connectivity index (χ2v) is 11.4. The largest absolute Gasteiger partial charge is 0.455 e. The first-order valence-electron chi connectivity index (χ1n) is 13.6. The minimum absolute atomic E-state index is 0.456. The Morgan fingerprint density at radius 2 is 1.19 bits per heavy atom. The first-order valence-corrected chi connectivity index (χ1v) is 14.5. The van der Waals surface area contributed by atoms with E-state index in [0.717, 1.165) is 54.5 Å². The highest BCUT2D eigenvalue weighted by Gasteiger charge is 2.24. The lowest BCUT2D eigenvalue weighted by Gasteiger charge is -2.17. The van der Waals surface area contributed by atoms with Crippen LogP contribution in [-0.2, 0) is 0 Å². The summed E-state index contributed by atoms with van der Waals surface area (Å²) in [7, 11) is 0. The van der Waals surface area contributed by atoms with Crippen molar-refractivity contribution in [3.63, 3.8) is 0 Å². The van der Waals surface area contributed by atoms with Gasteiger partial charge in [-0.05, 0) is 35.4 Å². The first-order chi connectivity index (χ1) is 20.7. The van der Waals surface area contributed by atoms with Crippen LogP contribution in [0.15, 0.2) is 126 Å². The zero-order valence-corrected chi connectivity index (χ0v) is 23.1. The van der Waals surface area contributed by atoms with Gasteiger partial charge in [0.2, 0.25) is 0 Å². The lowest BCUT2D eigenvalue weighted by atomic mass is 9.83. The van der Waals surface area contributed by atoms with Crippen molar-refractivity contribution in [2.75, 3.05) is 0 Å². The predicted molar refractivity (Wildman–Crippen MR) is 172 cm³/mol. The molecule has 194 valence electrons. The molecule has 0 radical (unpaired) electrons. The fourth-order valence-corrected chi connectivity index (χ4v) is 7.25. The minimum atomic E-state index is 0.456. The number of thiophene rings is 1. The van der Waals surface area contributed by atoms with Crippen LogP contribution in [0.5, 0.6) is 0 Å². The molecule has 0 aliphatic heterocycles. The molecule has 0 saturated heterocycles. The van der Waals surface area contributed by atoms with E-state index < -0.39 is 0 Å². The number of furan rings is 1. The summed E-state index contributed by atoms with van der Waals surface area (Å²) in [6, 6.07) is 45.5. The maximum absolute atomic E-state index is 10.6. The summed E-state index contributed by atoms with van der Waals surface area (Å²) in [5.41, 5.74) is 7.22. The number of nitrogens with zero attached hydrogens (tertiary/aromatic N) is 2. The predicted octanol–water partition coefficient (Wildman–Crippen LogP) is 10.7. The number of rotatable bonds is 3.